The third-order valence-electron chi connectivity index (χ3n) is 2.40. The lowest BCUT2D eigenvalue weighted by Crippen LogP contribution is -2.15. The Balaban J connectivity index is 2.75. The lowest BCUT2D eigenvalue weighted by molar-refractivity contribution is 0.0528. The van der Waals surface area contributed by atoms with Gasteiger partial charge in [-0.15, -0.1) is 0 Å². The Hall–Kier alpha value is -1.37. The number of hydrogen-bond donors (Lipinski definition) is 2. The zero-order chi connectivity index (χ0) is 12.1. The fraction of sp³-hybridized carbons (Fsp3) is 0.462. The summed E-state index contributed by atoms with van der Waals surface area (Å²) in [6.07, 6.45) is -1.51. The lowest BCUT2D eigenvalue weighted by Gasteiger charge is -2.12. The van der Waals surface area contributed by atoms with Crippen LogP contribution in [-0.4, -0.2) is 16.3 Å². The Bertz CT molecular complexity index is 365. The number of benzene rings is 1. The first-order valence-electron chi connectivity index (χ1n) is 5.39. The third-order valence-corrected chi connectivity index (χ3v) is 2.40. The van der Waals surface area contributed by atoms with E-state index in [0.717, 1.165) is 6.42 Å². The zero-order valence-corrected chi connectivity index (χ0v) is 9.59. The van der Waals surface area contributed by atoms with E-state index in [1.54, 1.807) is 18.2 Å². The maximum absolute atomic E-state index is 9.59. The van der Waals surface area contributed by atoms with Crippen LogP contribution in [0.4, 0.5) is 0 Å². The summed E-state index contributed by atoms with van der Waals surface area (Å²) in [5, 5.41) is 27.3. The molecule has 0 aliphatic rings. The van der Waals surface area contributed by atoms with E-state index >= 15 is 0 Å². The molecule has 0 aliphatic carbocycles. The molecule has 2 atom stereocenters. The van der Waals surface area contributed by atoms with E-state index in [4.69, 9.17) is 5.26 Å². The van der Waals surface area contributed by atoms with Crippen molar-refractivity contribution < 1.29 is 10.2 Å². The van der Waals surface area contributed by atoms with Gasteiger partial charge in [0, 0.05) is 0 Å². The van der Waals surface area contributed by atoms with Crippen LogP contribution in [-0.2, 0) is 6.42 Å². The number of nitrogens with zero attached hydrogens (tertiary/aromatic N) is 1. The summed E-state index contributed by atoms with van der Waals surface area (Å²) in [6, 6.07) is 8.96. The summed E-state index contributed by atoms with van der Waals surface area (Å²) in [7, 11) is 0. The van der Waals surface area contributed by atoms with Crippen molar-refractivity contribution in [1.29, 1.82) is 5.26 Å². The van der Waals surface area contributed by atoms with Crippen LogP contribution >= 0.6 is 0 Å². The maximum Gasteiger partial charge on any atom is 0.170 e. The second kappa shape index (κ2) is 5.64. The van der Waals surface area contributed by atoms with Gasteiger partial charge in [0.25, 0.3) is 0 Å². The molecular formula is C13H17NO2. The molecular weight excluding hydrogens is 202 g/mol. The van der Waals surface area contributed by atoms with Gasteiger partial charge in [-0.3, -0.25) is 0 Å². The van der Waals surface area contributed by atoms with Crippen molar-refractivity contribution in [2.24, 2.45) is 5.92 Å². The minimum atomic E-state index is -1.36. The summed E-state index contributed by atoms with van der Waals surface area (Å²) < 4.78 is 0. The minimum Gasteiger partial charge on any atom is -0.385 e. The summed E-state index contributed by atoms with van der Waals surface area (Å²) in [6.45, 7) is 4.28. The normalized spacial score (nSPS) is 14.5. The van der Waals surface area contributed by atoms with E-state index in [9.17, 15) is 10.2 Å². The van der Waals surface area contributed by atoms with Gasteiger partial charge >= 0.3 is 0 Å². The van der Waals surface area contributed by atoms with Crippen LogP contribution in [0, 0.1) is 17.2 Å². The molecule has 3 nitrogen and oxygen atoms in total. The van der Waals surface area contributed by atoms with Gasteiger partial charge in [-0.1, -0.05) is 38.1 Å². The van der Waals surface area contributed by atoms with E-state index in [0.29, 0.717) is 11.5 Å². The standard InChI is InChI=1S/C13H17NO2/c1-9(2)7-10-3-5-11(6-4-10)13(16)12(15)8-14/h3-6,9,12-13,15-16H,7H2,1-2H3. The van der Waals surface area contributed by atoms with Crippen LogP contribution in [0.15, 0.2) is 24.3 Å². The second-order valence-electron chi connectivity index (χ2n) is 4.36. The Morgan fingerprint density at radius 2 is 1.75 bits per heavy atom. The molecule has 0 fully saturated rings. The van der Waals surface area contributed by atoms with E-state index in [-0.39, 0.29) is 0 Å². The first-order chi connectivity index (χ1) is 7.54. The molecule has 0 saturated heterocycles. The molecule has 2 unspecified atom stereocenters. The van der Waals surface area contributed by atoms with E-state index < -0.39 is 12.2 Å². The summed E-state index contributed by atoms with van der Waals surface area (Å²) in [4.78, 5) is 0. The van der Waals surface area contributed by atoms with Crippen molar-refractivity contribution in [2.75, 3.05) is 0 Å². The summed E-state index contributed by atoms with van der Waals surface area (Å²) in [5.41, 5.74) is 1.76. The number of nitriles is 1. The van der Waals surface area contributed by atoms with Gasteiger partial charge in [0.1, 0.15) is 6.10 Å². The molecule has 16 heavy (non-hydrogen) atoms. The quantitative estimate of drug-likeness (QED) is 0.759. The predicted octanol–water partition coefficient (Wildman–Crippen LogP) is 1.80. The van der Waals surface area contributed by atoms with Gasteiger partial charge in [-0.05, 0) is 23.5 Å². The highest BCUT2D eigenvalue weighted by molar-refractivity contribution is 5.26. The fourth-order valence-electron chi connectivity index (χ4n) is 1.58. The van der Waals surface area contributed by atoms with Crippen molar-refractivity contribution >= 4 is 0 Å². The largest absolute Gasteiger partial charge is 0.385 e. The van der Waals surface area contributed by atoms with Crippen LogP contribution in [0.3, 0.4) is 0 Å². The predicted molar refractivity (Wildman–Crippen MR) is 61.6 cm³/mol. The number of hydrogen-bond acceptors (Lipinski definition) is 3. The van der Waals surface area contributed by atoms with Gasteiger partial charge < -0.3 is 10.2 Å². The topological polar surface area (TPSA) is 64.2 Å². The Morgan fingerprint density at radius 1 is 1.19 bits per heavy atom. The van der Waals surface area contributed by atoms with Crippen molar-refractivity contribution in [3.05, 3.63) is 35.4 Å². The van der Waals surface area contributed by atoms with E-state index in [1.165, 1.54) is 5.56 Å². The molecule has 2 N–H and O–H groups in total. The highest BCUT2D eigenvalue weighted by Gasteiger charge is 2.17. The molecule has 0 spiro atoms. The van der Waals surface area contributed by atoms with Gasteiger partial charge in [0.05, 0.1) is 6.07 Å². The molecule has 0 aliphatic heterocycles. The second-order valence-corrected chi connectivity index (χ2v) is 4.36. The fourth-order valence-corrected chi connectivity index (χ4v) is 1.58. The number of aliphatic hydroxyl groups excluding tert-OH is 2. The molecule has 1 rings (SSSR count). The SMILES string of the molecule is CC(C)Cc1ccc(C(O)C(O)C#N)cc1. The lowest BCUT2D eigenvalue weighted by atomic mass is 9.99. The molecule has 0 saturated carbocycles. The number of rotatable bonds is 4. The summed E-state index contributed by atoms with van der Waals surface area (Å²) >= 11 is 0. The molecule has 0 heterocycles. The monoisotopic (exact) mass is 219 g/mol. The van der Waals surface area contributed by atoms with Crippen LogP contribution < -0.4 is 0 Å². The average Bonchev–Trinajstić information content (AvgIpc) is 2.27. The highest BCUT2D eigenvalue weighted by Crippen LogP contribution is 2.18. The zero-order valence-electron chi connectivity index (χ0n) is 9.59. The van der Waals surface area contributed by atoms with E-state index in [2.05, 4.69) is 13.8 Å². The number of aliphatic hydroxyl groups is 2. The van der Waals surface area contributed by atoms with Crippen LogP contribution in [0.5, 0.6) is 0 Å². The molecule has 3 heteroatoms. The van der Waals surface area contributed by atoms with Crippen LogP contribution in [0.25, 0.3) is 0 Å². The molecule has 86 valence electrons. The van der Waals surface area contributed by atoms with Crippen molar-refractivity contribution in [3.8, 4) is 6.07 Å². The van der Waals surface area contributed by atoms with Crippen LogP contribution in [0.1, 0.15) is 31.1 Å². The third kappa shape index (κ3) is 3.34. The Morgan fingerprint density at radius 3 is 2.19 bits per heavy atom. The molecule has 0 amide bonds. The van der Waals surface area contributed by atoms with Gasteiger partial charge in [-0.2, -0.15) is 5.26 Å². The smallest absolute Gasteiger partial charge is 0.170 e. The average molecular weight is 219 g/mol. The maximum atomic E-state index is 9.59. The van der Waals surface area contributed by atoms with E-state index in [1.807, 2.05) is 12.1 Å². The van der Waals surface area contributed by atoms with Gasteiger partial charge in [-0.25, -0.2) is 0 Å². The molecule has 1 aromatic carbocycles. The van der Waals surface area contributed by atoms with Crippen molar-refractivity contribution in [1.82, 2.24) is 0 Å². The minimum absolute atomic E-state index is 0.571. The Kier molecular flexibility index (Phi) is 4.48. The van der Waals surface area contributed by atoms with Gasteiger partial charge in [0.2, 0.25) is 0 Å². The molecule has 1 aromatic rings. The highest BCUT2D eigenvalue weighted by atomic mass is 16.3. The summed E-state index contributed by atoms with van der Waals surface area (Å²) in [5.74, 6) is 0.584. The first-order valence-corrected chi connectivity index (χ1v) is 5.39. The Labute approximate surface area is 96.0 Å². The molecule has 0 radical (unpaired) electrons. The van der Waals surface area contributed by atoms with Gasteiger partial charge in [0.15, 0.2) is 6.10 Å². The van der Waals surface area contributed by atoms with Crippen molar-refractivity contribution in [2.45, 2.75) is 32.5 Å². The van der Waals surface area contributed by atoms with Crippen molar-refractivity contribution in [3.63, 3.8) is 0 Å². The first kappa shape index (κ1) is 12.7. The molecule has 0 aromatic heterocycles. The molecule has 0 bridgehead atoms. The van der Waals surface area contributed by atoms with Crippen LogP contribution in [0.2, 0.25) is 0 Å².